The Kier molecular flexibility index (Phi) is 2.98. The van der Waals surface area contributed by atoms with Crippen molar-refractivity contribution in [2.75, 3.05) is 6.54 Å². The van der Waals surface area contributed by atoms with Gasteiger partial charge in [0.25, 0.3) is 0 Å². The van der Waals surface area contributed by atoms with Gasteiger partial charge in [-0.1, -0.05) is 12.1 Å². The minimum absolute atomic E-state index is 0.605. The number of aryl methyl sites for hydroxylation is 1. The van der Waals surface area contributed by atoms with Crippen LogP contribution < -0.4 is 5.32 Å². The molecule has 3 rings (SSSR count). The number of piperidine rings is 1. The van der Waals surface area contributed by atoms with Crippen molar-refractivity contribution in [3.8, 4) is 0 Å². The summed E-state index contributed by atoms with van der Waals surface area (Å²) in [5, 5.41) is 3.64. The van der Waals surface area contributed by atoms with E-state index in [2.05, 4.69) is 28.5 Å². The molecule has 0 unspecified atom stereocenters. The zero-order chi connectivity index (χ0) is 11.7. The SMILES string of the molecule is Cc1ccc(C2=C[C@@H]3NCCC[C@@H]3CC2)cn1. The lowest BCUT2D eigenvalue weighted by molar-refractivity contribution is 0.298. The monoisotopic (exact) mass is 228 g/mol. The third-order valence-corrected chi connectivity index (χ3v) is 4.09. The van der Waals surface area contributed by atoms with E-state index in [9.17, 15) is 0 Å². The molecule has 0 spiro atoms. The first-order valence-electron chi connectivity index (χ1n) is 6.70. The Hall–Kier alpha value is -1.15. The van der Waals surface area contributed by atoms with Gasteiger partial charge in [0.15, 0.2) is 0 Å². The summed E-state index contributed by atoms with van der Waals surface area (Å²) in [6.07, 6.45) is 9.75. The maximum absolute atomic E-state index is 4.40. The van der Waals surface area contributed by atoms with Gasteiger partial charge in [-0.05, 0) is 62.3 Å². The van der Waals surface area contributed by atoms with E-state index in [-0.39, 0.29) is 0 Å². The molecule has 0 bridgehead atoms. The Labute approximate surface area is 103 Å². The van der Waals surface area contributed by atoms with Crippen molar-refractivity contribution in [3.63, 3.8) is 0 Å². The second-order valence-electron chi connectivity index (χ2n) is 5.30. The van der Waals surface area contributed by atoms with Crippen molar-refractivity contribution >= 4 is 5.57 Å². The fourth-order valence-electron chi connectivity index (χ4n) is 3.04. The zero-order valence-electron chi connectivity index (χ0n) is 10.4. The van der Waals surface area contributed by atoms with E-state index in [1.54, 1.807) is 0 Å². The van der Waals surface area contributed by atoms with Crippen molar-refractivity contribution < 1.29 is 0 Å². The Morgan fingerprint density at radius 2 is 2.24 bits per heavy atom. The summed E-state index contributed by atoms with van der Waals surface area (Å²) in [4.78, 5) is 4.40. The number of rotatable bonds is 1. The van der Waals surface area contributed by atoms with Gasteiger partial charge in [-0.3, -0.25) is 4.98 Å². The summed E-state index contributed by atoms with van der Waals surface area (Å²) >= 11 is 0. The molecule has 1 aromatic rings. The maximum atomic E-state index is 4.40. The second-order valence-corrected chi connectivity index (χ2v) is 5.30. The molecule has 0 saturated carbocycles. The molecule has 0 aromatic carbocycles. The summed E-state index contributed by atoms with van der Waals surface area (Å²) < 4.78 is 0. The Morgan fingerprint density at radius 1 is 1.29 bits per heavy atom. The molecule has 0 amide bonds. The van der Waals surface area contributed by atoms with Crippen molar-refractivity contribution in [1.82, 2.24) is 10.3 Å². The maximum Gasteiger partial charge on any atom is 0.0373 e. The first-order valence-corrected chi connectivity index (χ1v) is 6.70. The molecular formula is C15H20N2. The van der Waals surface area contributed by atoms with Crippen LogP contribution in [0.25, 0.3) is 5.57 Å². The fraction of sp³-hybridized carbons (Fsp3) is 0.533. The van der Waals surface area contributed by atoms with E-state index in [1.165, 1.54) is 43.4 Å². The van der Waals surface area contributed by atoms with Gasteiger partial charge in [0.1, 0.15) is 0 Å². The quantitative estimate of drug-likeness (QED) is 0.799. The van der Waals surface area contributed by atoms with Crippen LogP contribution in [0.5, 0.6) is 0 Å². The fourth-order valence-corrected chi connectivity index (χ4v) is 3.04. The van der Waals surface area contributed by atoms with Crippen LogP contribution in [-0.2, 0) is 0 Å². The average Bonchev–Trinajstić information content (AvgIpc) is 2.39. The minimum Gasteiger partial charge on any atom is -0.310 e. The van der Waals surface area contributed by atoms with Gasteiger partial charge in [0.05, 0.1) is 0 Å². The minimum atomic E-state index is 0.605. The van der Waals surface area contributed by atoms with E-state index in [0.717, 1.165) is 11.6 Å². The lowest BCUT2D eigenvalue weighted by Crippen LogP contribution is -2.41. The molecule has 2 heterocycles. The third kappa shape index (κ3) is 2.27. The molecule has 17 heavy (non-hydrogen) atoms. The van der Waals surface area contributed by atoms with E-state index >= 15 is 0 Å². The van der Waals surface area contributed by atoms with E-state index < -0.39 is 0 Å². The molecule has 2 atom stereocenters. The van der Waals surface area contributed by atoms with Gasteiger partial charge < -0.3 is 5.32 Å². The van der Waals surface area contributed by atoms with Crippen molar-refractivity contribution in [2.24, 2.45) is 5.92 Å². The van der Waals surface area contributed by atoms with Crippen LogP contribution in [-0.4, -0.2) is 17.6 Å². The Balaban J connectivity index is 1.84. The predicted molar refractivity (Wildman–Crippen MR) is 70.7 cm³/mol. The van der Waals surface area contributed by atoms with Crippen LogP contribution in [0.1, 0.15) is 36.9 Å². The van der Waals surface area contributed by atoms with Gasteiger partial charge in [0, 0.05) is 17.9 Å². The number of nitrogens with one attached hydrogen (secondary N) is 1. The van der Waals surface area contributed by atoms with E-state index in [1.807, 2.05) is 13.1 Å². The molecule has 2 aliphatic rings. The molecule has 1 aromatic heterocycles. The number of nitrogens with zero attached hydrogens (tertiary/aromatic N) is 1. The summed E-state index contributed by atoms with van der Waals surface area (Å²) in [7, 11) is 0. The highest BCUT2D eigenvalue weighted by Gasteiger charge is 2.27. The van der Waals surface area contributed by atoms with Crippen LogP contribution in [0.2, 0.25) is 0 Å². The van der Waals surface area contributed by atoms with Gasteiger partial charge in [-0.15, -0.1) is 0 Å². The summed E-state index contributed by atoms with van der Waals surface area (Å²) in [5.41, 5.74) is 3.88. The predicted octanol–water partition coefficient (Wildman–Crippen LogP) is 2.94. The largest absolute Gasteiger partial charge is 0.310 e. The third-order valence-electron chi connectivity index (χ3n) is 4.09. The first kappa shape index (κ1) is 11.0. The van der Waals surface area contributed by atoms with Gasteiger partial charge >= 0.3 is 0 Å². The summed E-state index contributed by atoms with van der Waals surface area (Å²) in [6.45, 7) is 3.22. The lowest BCUT2D eigenvalue weighted by atomic mass is 9.79. The van der Waals surface area contributed by atoms with Crippen LogP contribution in [0.3, 0.4) is 0 Å². The highest BCUT2D eigenvalue weighted by atomic mass is 14.9. The van der Waals surface area contributed by atoms with Crippen LogP contribution in [0.4, 0.5) is 0 Å². The Morgan fingerprint density at radius 3 is 3.06 bits per heavy atom. The number of fused-ring (bicyclic) bond motifs is 1. The van der Waals surface area contributed by atoms with Crippen LogP contribution in [0, 0.1) is 12.8 Å². The molecule has 1 N–H and O–H groups in total. The van der Waals surface area contributed by atoms with Crippen molar-refractivity contribution in [1.29, 1.82) is 0 Å². The number of aromatic nitrogens is 1. The summed E-state index contributed by atoms with van der Waals surface area (Å²) in [5.74, 6) is 0.867. The number of pyridine rings is 1. The van der Waals surface area contributed by atoms with Crippen LogP contribution >= 0.6 is 0 Å². The molecule has 1 saturated heterocycles. The van der Waals surface area contributed by atoms with Crippen molar-refractivity contribution in [3.05, 3.63) is 35.7 Å². The molecule has 90 valence electrons. The molecule has 2 nitrogen and oxygen atoms in total. The standard InChI is InChI=1S/C15H20N2/c1-11-4-5-14(10-17-11)13-7-6-12-3-2-8-16-15(12)9-13/h4-5,9-10,12,15-16H,2-3,6-8H2,1H3/t12-,15+/m1/s1. The molecule has 1 fully saturated rings. The number of hydrogen-bond donors (Lipinski definition) is 1. The summed E-state index contributed by atoms with van der Waals surface area (Å²) in [6, 6.07) is 4.92. The van der Waals surface area contributed by atoms with E-state index in [4.69, 9.17) is 0 Å². The zero-order valence-corrected chi connectivity index (χ0v) is 10.4. The highest BCUT2D eigenvalue weighted by molar-refractivity contribution is 5.66. The first-order chi connectivity index (χ1) is 8.33. The Bertz CT molecular complexity index is 419. The molecule has 0 radical (unpaired) electrons. The average molecular weight is 228 g/mol. The number of hydrogen-bond acceptors (Lipinski definition) is 2. The normalized spacial score (nSPS) is 28.4. The lowest BCUT2D eigenvalue weighted by Gasteiger charge is -2.35. The van der Waals surface area contributed by atoms with Crippen LogP contribution in [0.15, 0.2) is 24.4 Å². The van der Waals surface area contributed by atoms with Gasteiger partial charge in [-0.25, -0.2) is 0 Å². The number of allylic oxidation sites excluding steroid dienone is 1. The smallest absolute Gasteiger partial charge is 0.0373 e. The second kappa shape index (κ2) is 4.61. The highest BCUT2D eigenvalue weighted by Crippen LogP contribution is 2.33. The molecular weight excluding hydrogens is 208 g/mol. The van der Waals surface area contributed by atoms with Gasteiger partial charge in [-0.2, -0.15) is 0 Å². The topological polar surface area (TPSA) is 24.9 Å². The van der Waals surface area contributed by atoms with E-state index in [0.29, 0.717) is 6.04 Å². The van der Waals surface area contributed by atoms with Crippen molar-refractivity contribution in [2.45, 2.75) is 38.6 Å². The molecule has 2 heteroatoms. The molecule has 1 aliphatic carbocycles. The molecule has 1 aliphatic heterocycles. The van der Waals surface area contributed by atoms with Gasteiger partial charge in [0.2, 0.25) is 0 Å².